The Morgan fingerprint density at radius 3 is 2.24 bits per heavy atom. The van der Waals surface area contributed by atoms with Gasteiger partial charge in [-0.3, -0.25) is 0 Å². The molecule has 0 aliphatic rings. The van der Waals surface area contributed by atoms with Crippen LogP contribution in [0.4, 0.5) is 5.69 Å². The maximum atomic E-state index is 11.4. The van der Waals surface area contributed by atoms with E-state index in [4.69, 9.17) is 5.14 Å². The van der Waals surface area contributed by atoms with Crippen molar-refractivity contribution in [3.63, 3.8) is 0 Å². The van der Waals surface area contributed by atoms with Gasteiger partial charge in [0.25, 0.3) is 0 Å². The highest BCUT2D eigenvalue weighted by molar-refractivity contribution is 7.91. The number of benzene rings is 1. The van der Waals surface area contributed by atoms with E-state index in [2.05, 4.69) is 5.32 Å². The van der Waals surface area contributed by atoms with E-state index in [1.54, 1.807) is 6.92 Å². The number of anilines is 1. The summed E-state index contributed by atoms with van der Waals surface area (Å²) < 4.78 is 45.4. The highest BCUT2D eigenvalue weighted by atomic mass is 32.2. The third kappa shape index (κ3) is 3.42. The summed E-state index contributed by atoms with van der Waals surface area (Å²) in [5, 5.41) is 7.84. The van der Waals surface area contributed by atoms with Gasteiger partial charge in [-0.1, -0.05) is 0 Å². The highest BCUT2D eigenvalue weighted by Crippen LogP contribution is 2.23. The third-order valence-corrected chi connectivity index (χ3v) is 4.12. The predicted molar refractivity (Wildman–Crippen MR) is 65.1 cm³/mol. The molecule has 1 rings (SSSR count). The summed E-state index contributed by atoms with van der Waals surface area (Å²) in [4.78, 5) is -0.301. The van der Waals surface area contributed by atoms with Gasteiger partial charge in [-0.05, 0) is 25.1 Å². The molecule has 96 valence electrons. The van der Waals surface area contributed by atoms with E-state index in [0.29, 0.717) is 12.2 Å². The van der Waals surface area contributed by atoms with Crippen molar-refractivity contribution < 1.29 is 16.8 Å². The highest BCUT2D eigenvalue weighted by Gasteiger charge is 2.17. The van der Waals surface area contributed by atoms with E-state index >= 15 is 0 Å². The van der Waals surface area contributed by atoms with Crippen LogP contribution in [0.2, 0.25) is 0 Å². The zero-order chi connectivity index (χ0) is 13.3. The lowest BCUT2D eigenvalue weighted by molar-refractivity contribution is 0.597. The lowest BCUT2D eigenvalue weighted by Gasteiger charge is -2.10. The van der Waals surface area contributed by atoms with Crippen molar-refractivity contribution in [3.05, 3.63) is 18.2 Å². The molecule has 17 heavy (non-hydrogen) atoms. The normalized spacial score (nSPS) is 12.4. The molecule has 0 amide bonds. The number of nitrogens with two attached hydrogens (primary N) is 1. The third-order valence-electron chi connectivity index (χ3n) is 2.05. The summed E-state index contributed by atoms with van der Waals surface area (Å²) in [7, 11) is -7.43. The number of rotatable bonds is 4. The molecule has 6 nitrogen and oxygen atoms in total. The number of nitrogens with one attached hydrogen (secondary N) is 1. The quantitative estimate of drug-likeness (QED) is 0.816. The Hall–Kier alpha value is -1.12. The fraction of sp³-hybridized carbons (Fsp3) is 0.333. The molecule has 0 aliphatic carbocycles. The Bertz CT molecular complexity index is 620. The van der Waals surface area contributed by atoms with Crippen LogP contribution in [0.5, 0.6) is 0 Å². The van der Waals surface area contributed by atoms with E-state index < -0.39 is 19.9 Å². The molecule has 0 unspecified atom stereocenters. The molecule has 0 aliphatic heterocycles. The largest absolute Gasteiger partial charge is 0.384 e. The van der Waals surface area contributed by atoms with Crippen LogP contribution >= 0.6 is 0 Å². The zero-order valence-electron chi connectivity index (χ0n) is 9.47. The molecule has 1 aromatic carbocycles. The van der Waals surface area contributed by atoms with Gasteiger partial charge in [0.1, 0.15) is 4.90 Å². The van der Waals surface area contributed by atoms with Gasteiger partial charge < -0.3 is 5.32 Å². The van der Waals surface area contributed by atoms with Crippen LogP contribution in [0.3, 0.4) is 0 Å². The van der Waals surface area contributed by atoms with E-state index in [0.717, 1.165) is 12.3 Å². The molecule has 0 bridgehead atoms. The number of sulfonamides is 1. The van der Waals surface area contributed by atoms with Crippen LogP contribution < -0.4 is 10.5 Å². The molecule has 0 fully saturated rings. The van der Waals surface area contributed by atoms with E-state index in [1.807, 2.05) is 0 Å². The maximum Gasteiger partial charge on any atom is 0.240 e. The molecule has 0 atom stereocenters. The van der Waals surface area contributed by atoms with Gasteiger partial charge in [-0.25, -0.2) is 22.0 Å². The standard InChI is InChI=1S/C9H14N2O4S2/c1-3-11-8-5-4-7(16(2,12)13)6-9(8)17(10,14)15/h4-6,11H,3H2,1-2H3,(H2,10,14,15). The van der Waals surface area contributed by atoms with Gasteiger partial charge in [0.2, 0.25) is 10.0 Å². The summed E-state index contributed by atoms with van der Waals surface area (Å²) in [5.74, 6) is 0. The topological polar surface area (TPSA) is 106 Å². The number of sulfone groups is 1. The van der Waals surface area contributed by atoms with Crippen molar-refractivity contribution >= 4 is 25.5 Å². The lowest BCUT2D eigenvalue weighted by Crippen LogP contribution is -2.16. The fourth-order valence-electron chi connectivity index (χ4n) is 1.31. The molecule has 8 heteroatoms. The molecule has 3 N–H and O–H groups in total. The second-order valence-corrected chi connectivity index (χ2v) is 7.05. The van der Waals surface area contributed by atoms with Crippen molar-refractivity contribution in [1.29, 1.82) is 0 Å². The second-order valence-electron chi connectivity index (χ2n) is 3.51. The molecule has 0 radical (unpaired) electrons. The molecule has 0 spiro atoms. The van der Waals surface area contributed by atoms with Crippen LogP contribution in [0, 0.1) is 0 Å². The van der Waals surface area contributed by atoms with Crippen molar-refractivity contribution in [2.45, 2.75) is 16.7 Å². The summed E-state index contributed by atoms with van der Waals surface area (Å²) in [6.45, 7) is 2.29. The van der Waals surface area contributed by atoms with E-state index in [1.165, 1.54) is 12.1 Å². The molecule has 0 saturated carbocycles. The molecule has 1 aromatic rings. The first-order valence-electron chi connectivity index (χ1n) is 4.77. The van der Waals surface area contributed by atoms with Crippen LogP contribution in [0.1, 0.15) is 6.92 Å². The summed E-state index contributed by atoms with van der Waals surface area (Å²) in [5.41, 5.74) is 0.294. The Labute approximate surface area is 101 Å². The van der Waals surface area contributed by atoms with Crippen LogP contribution in [-0.2, 0) is 19.9 Å². The minimum Gasteiger partial charge on any atom is -0.384 e. The van der Waals surface area contributed by atoms with Crippen LogP contribution in [0.25, 0.3) is 0 Å². The average molecular weight is 278 g/mol. The van der Waals surface area contributed by atoms with Gasteiger partial charge in [-0.15, -0.1) is 0 Å². The SMILES string of the molecule is CCNc1ccc(S(C)(=O)=O)cc1S(N)(=O)=O. The fourth-order valence-corrected chi connectivity index (χ4v) is 2.76. The first-order chi connectivity index (χ1) is 7.66. The van der Waals surface area contributed by atoms with Gasteiger partial charge in [0.05, 0.1) is 10.6 Å². The van der Waals surface area contributed by atoms with Crippen LogP contribution in [-0.4, -0.2) is 29.6 Å². The monoisotopic (exact) mass is 278 g/mol. The lowest BCUT2D eigenvalue weighted by atomic mass is 10.3. The molecule has 0 heterocycles. The number of hydrogen-bond donors (Lipinski definition) is 2. The summed E-state index contributed by atoms with van der Waals surface area (Å²) in [6.07, 6.45) is 1.00. The van der Waals surface area contributed by atoms with Gasteiger partial charge in [0, 0.05) is 12.8 Å². The predicted octanol–water partition coefficient (Wildman–Crippen LogP) is 0.169. The summed E-state index contributed by atoms with van der Waals surface area (Å²) in [6, 6.07) is 3.78. The second kappa shape index (κ2) is 4.63. The van der Waals surface area contributed by atoms with Crippen molar-refractivity contribution in [3.8, 4) is 0 Å². The molecular formula is C9H14N2O4S2. The molecule has 0 aromatic heterocycles. The molecular weight excluding hydrogens is 264 g/mol. The van der Waals surface area contributed by atoms with E-state index in [-0.39, 0.29) is 9.79 Å². The maximum absolute atomic E-state index is 11.4. The van der Waals surface area contributed by atoms with Crippen molar-refractivity contribution in [2.24, 2.45) is 5.14 Å². The van der Waals surface area contributed by atoms with E-state index in [9.17, 15) is 16.8 Å². The number of hydrogen-bond acceptors (Lipinski definition) is 5. The minimum absolute atomic E-state index is 0.0804. The minimum atomic E-state index is -3.97. The average Bonchev–Trinajstić information content (AvgIpc) is 2.15. The van der Waals surface area contributed by atoms with Gasteiger partial charge in [0.15, 0.2) is 9.84 Å². The summed E-state index contributed by atoms with van der Waals surface area (Å²) >= 11 is 0. The first kappa shape index (κ1) is 13.9. The number of primary sulfonamides is 1. The van der Waals surface area contributed by atoms with Crippen molar-refractivity contribution in [2.75, 3.05) is 18.1 Å². The Kier molecular flexibility index (Phi) is 3.80. The first-order valence-corrected chi connectivity index (χ1v) is 8.21. The van der Waals surface area contributed by atoms with Crippen molar-refractivity contribution in [1.82, 2.24) is 0 Å². The Morgan fingerprint density at radius 1 is 1.24 bits per heavy atom. The zero-order valence-corrected chi connectivity index (χ0v) is 11.1. The van der Waals surface area contributed by atoms with Gasteiger partial charge in [-0.2, -0.15) is 0 Å². The smallest absolute Gasteiger partial charge is 0.240 e. The Balaban J connectivity index is 3.51. The van der Waals surface area contributed by atoms with Gasteiger partial charge >= 0.3 is 0 Å². The molecule has 0 saturated heterocycles. The Morgan fingerprint density at radius 2 is 1.82 bits per heavy atom. The van der Waals surface area contributed by atoms with Crippen LogP contribution in [0.15, 0.2) is 28.0 Å².